The van der Waals surface area contributed by atoms with Gasteiger partial charge in [0.05, 0.1) is 6.61 Å². The SMILES string of the molecule is CC/C=C\C/C=C\C/C=C\C/C=C\C/C=C\CCCC(=O)OCC(COCCCCCCCC/C=C\C/C=C\CCC)OC(=O)CCCCCCC/C=C\CCCC. The van der Waals surface area contributed by atoms with Crippen LogP contribution in [-0.4, -0.2) is 37.9 Å². The minimum Gasteiger partial charge on any atom is -0.462 e. The third-order valence-corrected chi connectivity index (χ3v) is 9.55. The minimum atomic E-state index is -0.572. The van der Waals surface area contributed by atoms with E-state index in [0.29, 0.717) is 19.4 Å². The molecule has 0 spiro atoms. The molecule has 0 radical (unpaired) electrons. The number of hydrogen-bond acceptors (Lipinski definition) is 5. The van der Waals surface area contributed by atoms with Gasteiger partial charge in [0, 0.05) is 19.4 Å². The van der Waals surface area contributed by atoms with Gasteiger partial charge in [-0.2, -0.15) is 0 Å². The summed E-state index contributed by atoms with van der Waals surface area (Å²) in [6.45, 7) is 7.51. The fourth-order valence-corrected chi connectivity index (χ4v) is 6.03. The van der Waals surface area contributed by atoms with Crippen molar-refractivity contribution in [2.24, 2.45) is 0 Å². The van der Waals surface area contributed by atoms with Crippen molar-refractivity contribution in [2.45, 2.75) is 207 Å². The molecular formula is C53H88O5. The number of unbranched alkanes of at least 4 members (excludes halogenated alkanes) is 15. The second-order valence-corrected chi connectivity index (χ2v) is 15.3. The summed E-state index contributed by atoms with van der Waals surface area (Å²) < 4.78 is 17.3. The lowest BCUT2D eigenvalue weighted by Gasteiger charge is -2.18. The fraction of sp³-hybridized carbons (Fsp3) is 0.660. The second kappa shape index (κ2) is 48.2. The van der Waals surface area contributed by atoms with Gasteiger partial charge in [0.1, 0.15) is 6.61 Å². The molecule has 58 heavy (non-hydrogen) atoms. The minimum absolute atomic E-state index is 0.0431. The van der Waals surface area contributed by atoms with Gasteiger partial charge in [0.2, 0.25) is 0 Å². The third kappa shape index (κ3) is 45.5. The van der Waals surface area contributed by atoms with Gasteiger partial charge in [-0.25, -0.2) is 0 Å². The van der Waals surface area contributed by atoms with Crippen LogP contribution >= 0.6 is 0 Å². The Kier molecular flexibility index (Phi) is 45.5. The molecule has 1 atom stereocenters. The highest BCUT2D eigenvalue weighted by Gasteiger charge is 2.17. The zero-order chi connectivity index (χ0) is 42.1. The standard InChI is InChI=1S/C53H88O5/c1-4-7-10-13-16-19-22-24-26-27-28-29-32-34-37-40-43-46-52(54)57-50-51(58-53(55)47-44-41-38-35-31-21-18-15-12-9-6-3)49-56-48-45-42-39-36-33-30-25-23-20-17-14-11-8-5-2/h7,10-11,14-16,18-20,23-24,26,28-29,34,37,51H,4-6,8-9,12-13,17,21-22,25,27,30-33,35-36,38-50H2,1-3H3/b10-7-,14-11-,18-15-,19-16-,23-20-,26-24-,29-28-,37-34-. The number of carbonyl (C=O) groups excluding carboxylic acids is 2. The van der Waals surface area contributed by atoms with Gasteiger partial charge < -0.3 is 14.2 Å². The molecule has 0 aromatic rings. The Bertz CT molecular complexity index is 1140. The van der Waals surface area contributed by atoms with Crippen LogP contribution in [0.15, 0.2) is 97.2 Å². The van der Waals surface area contributed by atoms with Crippen LogP contribution in [-0.2, 0) is 23.8 Å². The van der Waals surface area contributed by atoms with Crippen molar-refractivity contribution in [1.29, 1.82) is 0 Å². The number of hydrogen-bond donors (Lipinski definition) is 0. The predicted molar refractivity (Wildman–Crippen MR) is 251 cm³/mol. The van der Waals surface area contributed by atoms with E-state index in [1.54, 1.807) is 0 Å². The summed E-state index contributed by atoms with van der Waals surface area (Å²) in [6, 6.07) is 0. The van der Waals surface area contributed by atoms with Crippen LogP contribution in [0, 0.1) is 0 Å². The summed E-state index contributed by atoms with van der Waals surface area (Å²) in [5.74, 6) is -0.488. The van der Waals surface area contributed by atoms with E-state index >= 15 is 0 Å². The van der Waals surface area contributed by atoms with E-state index in [4.69, 9.17) is 14.2 Å². The van der Waals surface area contributed by atoms with Crippen molar-refractivity contribution in [3.8, 4) is 0 Å². The van der Waals surface area contributed by atoms with Crippen molar-refractivity contribution in [3.05, 3.63) is 97.2 Å². The maximum Gasteiger partial charge on any atom is 0.306 e. The highest BCUT2D eigenvalue weighted by atomic mass is 16.6. The molecule has 0 N–H and O–H groups in total. The average molecular weight is 805 g/mol. The molecule has 0 aliphatic rings. The van der Waals surface area contributed by atoms with E-state index in [-0.39, 0.29) is 25.2 Å². The van der Waals surface area contributed by atoms with Crippen LogP contribution in [0.1, 0.15) is 201 Å². The highest BCUT2D eigenvalue weighted by molar-refractivity contribution is 5.70. The first-order valence-electron chi connectivity index (χ1n) is 23.8. The molecule has 0 heterocycles. The van der Waals surface area contributed by atoms with Gasteiger partial charge in [-0.15, -0.1) is 0 Å². The topological polar surface area (TPSA) is 61.8 Å². The molecule has 0 rings (SSSR count). The van der Waals surface area contributed by atoms with E-state index in [0.717, 1.165) is 96.3 Å². The van der Waals surface area contributed by atoms with Gasteiger partial charge in [-0.1, -0.05) is 182 Å². The molecule has 0 bridgehead atoms. The van der Waals surface area contributed by atoms with Crippen LogP contribution in [0.5, 0.6) is 0 Å². The van der Waals surface area contributed by atoms with E-state index in [1.165, 1.54) is 70.6 Å². The Labute approximate surface area is 358 Å². The molecule has 0 aliphatic carbocycles. The Morgan fingerprint density at radius 2 is 0.828 bits per heavy atom. The van der Waals surface area contributed by atoms with E-state index < -0.39 is 6.10 Å². The molecule has 0 aliphatic heterocycles. The molecule has 5 heteroatoms. The van der Waals surface area contributed by atoms with E-state index in [1.807, 2.05) is 0 Å². The molecule has 0 aromatic carbocycles. The smallest absolute Gasteiger partial charge is 0.306 e. The van der Waals surface area contributed by atoms with Crippen molar-refractivity contribution in [3.63, 3.8) is 0 Å². The van der Waals surface area contributed by atoms with Crippen LogP contribution in [0.4, 0.5) is 0 Å². The Morgan fingerprint density at radius 1 is 0.397 bits per heavy atom. The van der Waals surface area contributed by atoms with E-state index in [9.17, 15) is 9.59 Å². The summed E-state index contributed by atoms with van der Waals surface area (Å²) >= 11 is 0. The van der Waals surface area contributed by atoms with E-state index in [2.05, 4.69) is 118 Å². The van der Waals surface area contributed by atoms with Gasteiger partial charge in [-0.3, -0.25) is 9.59 Å². The second-order valence-electron chi connectivity index (χ2n) is 15.3. The zero-order valence-electron chi connectivity index (χ0n) is 37.8. The number of allylic oxidation sites excluding steroid dienone is 16. The summed E-state index contributed by atoms with van der Waals surface area (Å²) in [7, 11) is 0. The molecule has 1 unspecified atom stereocenters. The van der Waals surface area contributed by atoms with Gasteiger partial charge in [-0.05, 0) is 103 Å². The molecule has 0 amide bonds. The van der Waals surface area contributed by atoms with Crippen molar-refractivity contribution in [2.75, 3.05) is 19.8 Å². The first-order chi connectivity index (χ1) is 28.6. The van der Waals surface area contributed by atoms with Crippen LogP contribution in [0.25, 0.3) is 0 Å². The molecule has 5 nitrogen and oxygen atoms in total. The third-order valence-electron chi connectivity index (χ3n) is 9.55. The maximum absolute atomic E-state index is 12.7. The average Bonchev–Trinajstić information content (AvgIpc) is 3.22. The summed E-state index contributed by atoms with van der Waals surface area (Å²) in [6.07, 6.45) is 64.1. The lowest BCUT2D eigenvalue weighted by Crippen LogP contribution is -2.30. The Hall–Kier alpha value is -3.18. The number of ether oxygens (including phenoxy) is 3. The normalized spacial score (nSPS) is 13.1. The Morgan fingerprint density at radius 3 is 1.38 bits per heavy atom. The molecule has 330 valence electrons. The maximum atomic E-state index is 12.7. The number of rotatable bonds is 42. The number of esters is 2. The quantitative estimate of drug-likeness (QED) is 0.0349. The van der Waals surface area contributed by atoms with Crippen LogP contribution in [0.2, 0.25) is 0 Å². The van der Waals surface area contributed by atoms with Crippen molar-refractivity contribution >= 4 is 11.9 Å². The fourth-order valence-electron chi connectivity index (χ4n) is 6.03. The summed E-state index contributed by atoms with van der Waals surface area (Å²) in [5.41, 5.74) is 0. The zero-order valence-corrected chi connectivity index (χ0v) is 37.8. The van der Waals surface area contributed by atoms with Gasteiger partial charge in [0.15, 0.2) is 6.10 Å². The van der Waals surface area contributed by atoms with Gasteiger partial charge >= 0.3 is 11.9 Å². The lowest BCUT2D eigenvalue weighted by molar-refractivity contribution is -0.163. The van der Waals surface area contributed by atoms with Crippen LogP contribution < -0.4 is 0 Å². The predicted octanol–water partition coefficient (Wildman–Crippen LogP) is 15.9. The largest absolute Gasteiger partial charge is 0.462 e. The van der Waals surface area contributed by atoms with Crippen molar-refractivity contribution in [1.82, 2.24) is 0 Å². The molecule has 0 aromatic heterocycles. The monoisotopic (exact) mass is 805 g/mol. The van der Waals surface area contributed by atoms with Crippen molar-refractivity contribution < 1.29 is 23.8 Å². The summed E-state index contributed by atoms with van der Waals surface area (Å²) in [5, 5.41) is 0. The summed E-state index contributed by atoms with van der Waals surface area (Å²) in [4.78, 5) is 25.3. The molecule has 0 fully saturated rings. The first kappa shape index (κ1) is 54.8. The Balaban J connectivity index is 4.38. The molecule has 0 saturated carbocycles. The number of carbonyl (C=O) groups is 2. The van der Waals surface area contributed by atoms with Gasteiger partial charge in [0.25, 0.3) is 0 Å². The highest BCUT2D eigenvalue weighted by Crippen LogP contribution is 2.12. The molecule has 0 saturated heterocycles. The first-order valence-corrected chi connectivity index (χ1v) is 23.8. The molecular weight excluding hydrogens is 717 g/mol. The lowest BCUT2D eigenvalue weighted by atomic mass is 10.1. The van der Waals surface area contributed by atoms with Crippen LogP contribution in [0.3, 0.4) is 0 Å².